The summed E-state index contributed by atoms with van der Waals surface area (Å²) in [5.41, 5.74) is 10.1. The van der Waals surface area contributed by atoms with Crippen molar-refractivity contribution in [1.82, 2.24) is 0 Å². The minimum Gasteiger partial charge on any atom is -0.321 e. The molecule has 0 aliphatic heterocycles. The average Bonchev–Trinajstić information content (AvgIpc) is 3.05. The highest BCUT2D eigenvalue weighted by atomic mass is 31.2. The zero-order valence-corrected chi connectivity index (χ0v) is 36.2. The van der Waals surface area contributed by atoms with Gasteiger partial charge in [-0.2, -0.15) is 0 Å². The molecule has 0 saturated carbocycles. The fourth-order valence-corrected chi connectivity index (χ4v) is 11.4. The molecule has 0 aromatic heterocycles. The Hall–Kier alpha value is -3.30. The molecule has 56 heavy (non-hydrogen) atoms. The molecule has 0 radical (unpaired) electrons. The molecule has 0 fully saturated rings. The van der Waals surface area contributed by atoms with Crippen LogP contribution in [-0.4, -0.2) is 39.1 Å². The van der Waals surface area contributed by atoms with Gasteiger partial charge in [0.15, 0.2) is 0 Å². The molecule has 0 saturated heterocycles. The molecule has 5 rings (SSSR count). The van der Waals surface area contributed by atoms with Gasteiger partial charge in [-0.05, 0) is 194 Å². The molecule has 8 N–H and O–H groups in total. The lowest BCUT2D eigenvalue weighted by Gasteiger charge is -2.29. The summed E-state index contributed by atoms with van der Waals surface area (Å²) >= 11 is 0. The second kappa shape index (κ2) is 14.8. The summed E-state index contributed by atoms with van der Waals surface area (Å²) in [4.78, 5) is 81.6. The maximum Gasteiger partial charge on any atom is 0.356 e. The lowest BCUT2D eigenvalue weighted by molar-refractivity contribution is 0.385. The van der Waals surface area contributed by atoms with Crippen LogP contribution in [0.15, 0.2) is 48.5 Å². The van der Waals surface area contributed by atoms with Crippen molar-refractivity contribution in [2.24, 2.45) is 0 Å². The average molecular weight is 843 g/mol. The van der Waals surface area contributed by atoms with Crippen molar-refractivity contribution < 1.29 is 57.4 Å². The monoisotopic (exact) mass is 842 g/mol. The van der Waals surface area contributed by atoms with Crippen LogP contribution in [0.1, 0.15) is 55.6 Å². The molecule has 16 heteroatoms. The van der Waals surface area contributed by atoms with Gasteiger partial charge in [-0.3, -0.25) is 18.3 Å². The lowest BCUT2D eigenvalue weighted by Crippen LogP contribution is -2.14. The molecule has 0 unspecified atom stereocenters. The quantitative estimate of drug-likeness (QED) is 0.0768. The van der Waals surface area contributed by atoms with Crippen LogP contribution in [-0.2, 0) is 18.3 Å². The maximum atomic E-state index is 12.5. The van der Waals surface area contributed by atoms with Gasteiger partial charge in [0.05, 0.1) is 21.2 Å². The highest BCUT2D eigenvalue weighted by Crippen LogP contribution is 2.53. The van der Waals surface area contributed by atoms with Crippen LogP contribution < -0.4 is 21.2 Å². The van der Waals surface area contributed by atoms with E-state index in [1.165, 1.54) is 24.3 Å². The Morgan fingerprint density at radius 2 is 0.429 bits per heavy atom. The molecule has 0 spiro atoms. The molecule has 0 atom stereocenters. The summed E-state index contributed by atoms with van der Waals surface area (Å²) in [5, 5.41) is -0.555. The Morgan fingerprint density at radius 1 is 0.268 bits per heavy atom. The Kier molecular flexibility index (Phi) is 11.6. The zero-order chi connectivity index (χ0) is 42.4. The number of hydrogen-bond acceptors (Lipinski definition) is 4. The fourth-order valence-electron chi connectivity index (χ4n) is 7.92. The first-order chi connectivity index (χ1) is 25.5. The van der Waals surface area contributed by atoms with Crippen molar-refractivity contribution in [3.8, 4) is 44.5 Å². The minimum absolute atomic E-state index is 0.139. The van der Waals surface area contributed by atoms with E-state index < -0.39 is 30.4 Å². The summed E-state index contributed by atoms with van der Waals surface area (Å²) in [6, 6.07) is 12.1. The van der Waals surface area contributed by atoms with Crippen LogP contribution in [0.2, 0.25) is 0 Å². The molecular weight excluding hydrogens is 796 g/mol. The third-order valence-electron chi connectivity index (χ3n) is 11.4. The van der Waals surface area contributed by atoms with Crippen LogP contribution in [0.4, 0.5) is 0 Å². The lowest BCUT2D eigenvalue weighted by atomic mass is 9.75. The van der Waals surface area contributed by atoms with Crippen molar-refractivity contribution in [1.29, 1.82) is 0 Å². The highest BCUT2D eigenvalue weighted by Gasteiger charge is 2.32. The van der Waals surface area contributed by atoms with Gasteiger partial charge in [0.1, 0.15) is 0 Å². The van der Waals surface area contributed by atoms with Crippen molar-refractivity contribution in [2.45, 2.75) is 69.2 Å². The Morgan fingerprint density at radius 3 is 0.571 bits per heavy atom. The number of rotatable bonds is 8. The number of hydrogen-bond donors (Lipinski definition) is 8. The van der Waals surface area contributed by atoms with Gasteiger partial charge in [-0.1, -0.05) is 24.3 Å². The third kappa shape index (κ3) is 7.56. The highest BCUT2D eigenvalue weighted by molar-refractivity contribution is 7.61. The first kappa shape index (κ1) is 43.8. The molecule has 0 aliphatic carbocycles. The first-order valence-electron chi connectivity index (χ1n) is 17.4. The molecule has 0 bridgehead atoms. The second-order valence-corrected chi connectivity index (χ2v) is 20.7. The Bertz CT molecular complexity index is 2330. The van der Waals surface area contributed by atoms with Gasteiger partial charge in [0.25, 0.3) is 0 Å². The second-order valence-electron chi connectivity index (χ2n) is 14.5. The summed E-state index contributed by atoms with van der Waals surface area (Å²) in [5.74, 6) is 0. The molecule has 0 aliphatic rings. The van der Waals surface area contributed by atoms with Gasteiger partial charge in [-0.15, -0.1) is 0 Å². The predicted molar refractivity (Wildman–Crippen MR) is 222 cm³/mol. The van der Waals surface area contributed by atoms with Crippen LogP contribution in [0, 0.1) is 69.2 Å². The SMILES string of the molecule is Cc1c(-c2c(C)c(-c3ccc(P(=O)(O)O)c(C)c3C)c(-c3ccc(P(=O)(O)O)c(C)c3C)c(C)c2-c2ccc(P(=O)(O)O)c(C)c2C)ccc(P(=O)(O)O)c1C. The first-order valence-corrected chi connectivity index (χ1v) is 23.8. The molecule has 12 nitrogen and oxygen atoms in total. The fraction of sp³-hybridized carbons (Fsp3) is 0.250. The van der Waals surface area contributed by atoms with Gasteiger partial charge >= 0.3 is 30.4 Å². The topological polar surface area (TPSA) is 230 Å². The van der Waals surface area contributed by atoms with Crippen LogP contribution in [0.5, 0.6) is 0 Å². The number of benzene rings is 5. The summed E-state index contributed by atoms with van der Waals surface area (Å²) in [6.45, 7) is 17.2. The molecule has 0 heterocycles. The van der Waals surface area contributed by atoms with Gasteiger partial charge < -0.3 is 39.1 Å². The van der Waals surface area contributed by atoms with E-state index >= 15 is 0 Å². The van der Waals surface area contributed by atoms with E-state index in [0.29, 0.717) is 100 Å². The summed E-state index contributed by atoms with van der Waals surface area (Å²) < 4.78 is 50.2. The largest absolute Gasteiger partial charge is 0.356 e. The molecule has 298 valence electrons. The van der Waals surface area contributed by atoms with E-state index in [1.807, 2.05) is 13.8 Å². The molecular formula is C40H46O12P4. The van der Waals surface area contributed by atoms with E-state index in [9.17, 15) is 57.4 Å². The van der Waals surface area contributed by atoms with Crippen molar-refractivity contribution in [3.63, 3.8) is 0 Å². The third-order valence-corrected chi connectivity index (χ3v) is 15.8. The van der Waals surface area contributed by atoms with E-state index in [2.05, 4.69) is 0 Å². The van der Waals surface area contributed by atoms with E-state index in [4.69, 9.17) is 0 Å². The van der Waals surface area contributed by atoms with E-state index in [0.717, 1.165) is 0 Å². The van der Waals surface area contributed by atoms with Crippen molar-refractivity contribution in [3.05, 3.63) is 104 Å². The summed E-state index contributed by atoms with van der Waals surface area (Å²) in [6.07, 6.45) is 0. The van der Waals surface area contributed by atoms with Crippen LogP contribution >= 0.6 is 30.4 Å². The van der Waals surface area contributed by atoms with Crippen molar-refractivity contribution in [2.75, 3.05) is 0 Å². The van der Waals surface area contributed by atoms with Crippen molar-refractivity contribution >= 4 is 51.6 Å². The molecule has 5 aromatic carbocycles. The molecule has 5 aromatic rings. The normalized spacial score (nSPS) is 12.8. The van der Waals surface area contributed by atoms with E-state index in [1.54, 1.807) is 79.7 Å². The maximum absolute atomic E-state index is 12.5. The Labute approximate surface area is 326 Å². The Balaban J connectivity index is 2.14. The van der Waals surface area contributed by atoms with Gasteiger partial charge in [0, 0.05) is 0 Å². The van der Waals surface area contributed by atoms with Crippen LogP contribution in [0.25, 0.3) is 44.5 Å². The smallest absolute Gasteiger partial charge is 0.321 e. The van der Waals surface area contributed by atoms with Gasteiger partial charge in [0.2, 0.25) is 0 Å². The predicted octanol–water partition coefficient (Wildman–Crippen LogP) is 6.65. The summed E-state index contributed by atoms with van der Waals surface area (Å²) in [7, 11) is -18.7. The standard InChI is InChI=1S/C40H46O12P4/c1-19-23(5)33(53(41,42)43)15-11-29(19)37-27(9)39(31-13-17-35(55(47,48)49)25(7)21(31)3)40(32-14-18-36(56(50,51)52)26(8)22(32)4)28(10)38(37)30-12-16-34(54(44,45)46)24(6)20(30)2/h11-18H,1-10H3,(H2,41,42,43)(H2,44,45,46)(H2,47,48,49)(H2,50,51,52). The zero-order valence-electron chi connectivity index (χ0n) is 32.6. The van der Waals surface area contributed by atoms with E-state index in [-0.39, 0.29) is 21.2 Å². The molecule has 0 amide bonds. The van der Waals surface area contributed by atoms with Crippen LogP contribution in [0.3, 0.4) is 0 Å². The van der Waals surface area contributed by atoms with Gasteiger partial charge in [-0.25, -0.2) is 0 Å². The minimum atomic E-state index is -4.68.